The van der Waals surface area contributed by atoms with Crippen molar-refractivity contribution >= 4 is 23.1 Å². The lowest BCUT2D eigenvalue weighted by atomic mass is 10.00. The fourth-order valence-electron chi connectivity index (χ4n) is 2.44. The summed E-state index contributed by atoms with van der Waals surface area (Å²) in [4.78, 5) is 0. The molecule has 0 radical (unpaired) electrons. The normalized spacial score (nSPS) is 23.4. The maximum Gasteiger partial charge on any atom is 0.174 e. The van der Waals surface area contributed by atoms with Crippen molar-refractivity contribution in [1.29, 1.82) is 0 Å². The SMILES string of the molecule is NC1c2ccccc2CCCC1Sc1nncs1. The van der Waals surface area contributed by atoms with Crippen LogP contribution in [0.15, 0.2) is 34.1 Å². The highest BCUT2D eigenvalue weighted by Crippen LogP contribution is 2.38. The van der Waals surface area contributed by atoms with E-state index in [0.717, 1.165) is 17.2 Å². The average molecular weight is 277 g/mol. The van der Waals surface area contributed by atoms with Crippen molar-refractivity contribution in [3.8, 4) is 0 Å². The van der Waals surface area contributed by atoms with E-state index in [1.807, 2.05) is 0 Å². The standard InChI is InChI=1S/C13H15N3S2/c14-12-10-6-2-1-4-9(10)5-3-7-11(12)18-13-16-15-8-17-13/h1-2,4,6,8,11-12H,3,5,7,14H2. The van der Waals surface area contributed by atoms with Gasteiger partial charge in [-0.2, -0.15) is 0 Å². The molecule has 0 aliphatic heterocycles. The molecule has 94 valence electrons. The molecule has 0 saturated heterocycles. The zero-order valence-corrected chi connectivity index (χ0v) is 11.6. The van der Waals surface area contributed by atoms with Gasteiger partial charge in [0.15, 0.2) is 4.34 Å². The van der Waals surface area contributed by atoms with Crippen LogP contribution in [0.1, 0.15) is 30.0 Å². The molecule has 0 saturated carbocycles. The number of nitrogens with two attached hydrogens (primary N) is 1. The highest BCUT2D eigenvalue weighted by atomic mass is 32.2. The average Bonchev–Trinajstić information content (AvgIpc) is 2.85. The molecule has 2 atom stereocenters. The zero-order valence-electron chi connectivity index (χ0n) is 9.95. The van der Waals surface area contributed by atoms with E-state index in [1.165, 1.54) is 17.5 Å². The fraction of sp³-hybridized carbons (Fsp3) is 0.385. The van der Waals surface area contributed by atoms with E-state index in [9.17, 15) is 0 Å². The van der Waals surface area contributed by atoms with Crippen molar-refractivity contribution in [3.63, 3.8) is 0 Å². The summed E-state index contributed by atoms with van der Waals surface area (Å²) in [5, 5.41) is 8.40. The largest absolute Gasteiger partial charge is 0.323 e. The van der Waals surface area contributed by atoms with Gasteiger partial charge in [-0.25, -0.2) is 0 Å². The van der Waals surface area contributed by atoms with Crippen LogP contribution in [-0.2, 0) is 6.42 Å². The molecule has 2 aromatic rings. The second kappa shape index (κ2) is 5.38. The minimum absolute atomic E-state index is 0.0950. The maximum atomic E-state index is 6.44. The van der Waals surface area contributed by atoms with Gasteiger partial charge in [0.05, 0.1) is 0 Å². The van der Waals surface area contributed by atoms with Gasteiger partial charge in [-0.3, -0.25) is 0 Å². The summed E-state index contributed by atoms with van der Waals surface area (Å²) in [5.41, 5.74) is 10.9. The number of benzene rings is 1. The molecule has 5 heteroatoms. The van der Waals surface area contributed by atoms with Crippen LogP contribution < -0.4 is 5.73 Å². The molecule has 2 N–H and O–H groups in total. The van der Waals surface area contributed by atoms with E-state index in [4.69, 9.17) is 5.73 Å². The summed E-state index contributed by atoms with van der Waals surface area (Å²) in [6.45, 7) is 0. The number of thioether (sulfide) groups is 1. The molecule has 0 bridgehead atoms. The second-order valence-electron chi connectivity index (χ2n) is 4.48. The second-order valence-corrected chi connectivity index (χ2v) is 6.80. The van der Waals surface area contributed by atoms with Crippen molar-refractivity contribution in [2.75, 3.05) is 0 Å². The quantitative estimate of drug-likeness (QED) is 0.857. The molecule has 18 heavy (non-hydrogen) atoms. The summed E-state index contributed by atoms with van der Waals surface area (Å²) >= 11 is 3.37. The zero-order chi connectivity index (χ0) is 12.4. The monoisotopic (exact) mass is 277 g/mol. The molecule has 1 aromatic carbocycles. The van der Waals surface area contributed by atoms with Gasteiger partial charge >= 0.3 is 0 Å². The van der Waals surface area contributed by atoms with Crippen molar-refractivity contribution in [2.24, 2.45) is 5.73 Å². The van der Waals surface area contributed by atoms with E-state index in [1.54, 1.807) is 28.6 Å². The van der Waals surface area contributed by atoms with Gasteiger partial charge in [0.1, 0.15) is 5.51 Å². The molecule has 1 aromatic heterocycles. The topological polar surface area (TPSA) is 51.8 Å². The minimum Gasteiger partial charge on any atom is -0.323 e. The summed E-state index contributed by atoms with van der Waals surface area (Å²) < 4.78 is 1.02. The van der Waals surface area contributed by atoms with Gasteiger partial charge in [-0.1, -0.05) is 47.4 Å². The third-order valence-corrected chi connectivity index (χ3v) is 5.52. The number of fused-ring (bicyclic) bond motifs is 1. The Labute approximate surface area is 115 Å². The van der Waals surface area contributed by atoms with E-state index in [2.05, 4.69) is 34.5 Å². The Morgan fingerprint density at radius 3 is 3.06 bits per heavy atom. The van der Waals surface area contributed by atoms with Gasteiger partial charge in [0, 0.05) is 11.3 Å². The van der Waals surface area contributed by atoms with Crippen LogP contribution >= 0.6 is 23.1 Å². The number of hydrogen-bond acceptors (Lipinski definition) is 5. The highest BCUT2D eigenvalue weighted by molar-refractivity contribution is 8.01. The third-order valence-electron chi connectivity index (χ3n) is 3.34. The van der Waals surface area contributed by atoms with E-state index >= 15 is 0 Å². The number of nitrogens with zero attached hydrogens (tertiary/aromatic N) is 2. The molecule has 1 heterocycles. The van der Waals surface area contributed by atoms with Crippen LogP contribution in [0.5, 0.6) is 0 Å². The number of aromatic nitrogens is 2. The first-order valence-corrected chi connectivity index (χ1v) is 7.87. The van der Waals surface area contributed by atoms with Crippen molar-refractivity contribution in [2.45, 2.75) is 34.9 Å². The lowest BCUT2D eigenvalue weighted by molar-refractivity contribution is 0.632. The molecular weight excluding hydrogens is 262 g/mol. The Hall–Kier alpha value is -0.910. The molecule has 0 spiro atoms. The van der Waals surface area contributed by atoms with E-state index in [0.29, 0.717) is 5.25 Å². The van der Waals surface area contributed by atoms with Gasteiger partial charge in [-0.15, -0.1) is 10.2 Å². The number of hydrogen-bond donors (Lipinski definition) is 1. The van der Waals surface area contributed by atoms with E-state index < -0.39 is 0 Å². The highest BCUT2D eigenvalue weighted by Gasteiger charge is 2.26. The third kappa shape index (κ3) is 2.43. The molecule has 1 aliphatic carbocycles. The Bertz CT molecular complexity index is 513. The molecule has 1 aliphatic rings. The Balaban J connectivity index is 1.85. The Kier molecular flexibility index (Phi) is 3.63. The number of aryl methyl sites for hydroxylation is 1. The summed E-state index contributed by atoms with van der Waals surface area (Å²) in [5.74, 6) is 0. The first kappa shape index (κ1) is 12.1. The molecule has 3 rings (SSSR count). The Morgan fingerprint density at radius 2 is 2.22 bits per heavy atom. The Morgan fingerprint density at radius 1 is 1.33 bits per heavy atom. The minimum atomic E-state index is 0.0950. The number of rotatable bonds is 2. The van der Waals surface area contributed by atoms with Gasteiger partial charge in [0.25, 0.3) is 0 Å². The smallest absolute Gasteiger partial charge is 0.174 e. The molecule has 2 unspecified atom stereocenters. The van der Waals surface area contributed by atoms with Gasteiger partial charge < -0.3 is 5.73 Å². The van der Waals surface area contributed by atoms with Gasteiger partial charge in [-0.05, 0) is 30.4 Å². The lowest BCUT2D eigenvalue weighted by Gasteiger charge is -2.21. The van der Waals surface area contributed by atoms with Crippen molar-refractivity contribution in [1.82, 2.24) is 10.2 Å². The summed E-state index contributed by atoms with van der Waals surface area (Å²) in [7, 11) is 0. The van der Waals surface area contributed by atoms with Crippen LogP contribution in [0.3, 0.4) is 0 Å². The summed E-state index contributed by atoms with van der Waals surface area (Å²) in [6, 6.07) is 8.64. The fourth-order valence-corrected chi connectivity index (χ4v) is 4.37. The molecule has 0 amide bonds. The van der Waals surface area contributed by atoms with Crippen molar-refractivity contribution < 1.29 is 0 Å². The first-order valence-electron chi connectivity index (χ1n) is 6.11. The van der Waals surface area contributed by atoms with Crippen LogP contribution in [0.4, 0.5) is 0 Å². The predicted molar refractivity (Wildman–Crippen MR) is 75.9 cm³/mol. The first-order chi connectivity index (χ1) is 8.84. The van der Waals surface area contributed by atoms with Crippen molar-refractivity contribution in [3.05, 3.63) is 40.9 Å². The predicted octanol–water partition coefficient (Wildman–Crippen LogP) is 3.04. The van der Waals surface area contributed by atoms with Crippen LogP contribution in [0.2, 0.25) is 0 Å². The molecule has 0 fully saturated rings. The molecular formula is C13H15N3S2. The molecule has 3 nitrogen and oxygen atoms in total. The van der Waals surface area contributed by atoms with Gasteiger partial charge in [0.2, 0.25) is 0 Å². The van der Waals surface area contributed by atoms with Crippen LogP contribution in [0.25, 0.3) is 0 Å². The lowest BCUT2D eigenvalue weighted by Crippen LogP contribution is -2.23. The summed E-state index contributed by atoms with van der Waals surface area (Å²) in [6.07, 6.45) is 3.47. The van der Waals surface area contributed by atoms with E-state index in [-0.39, 0.29) is 6.04 Å². The van der Waals surface area contributed by atoms with Crippen LogP contribution in [-0.4, -0.2) is 15.4 Å². The maximum absolute atomic E-state index is 6.44. The van der Waals surface area contributed by atoms with Crippen LogP contribution in [0, 0.1) is 0 Å².